The lowest BCUT2D eigenvalue weighted by molar-refractivity contribution is 0.896. The first kappa shape index (κ1) is 13.7. The van der Waals surface area contributed by atoms with Crippen LogP contribution >= 0.6 is 46.7 Å². The van der Waals surface area contributed by atoms with Crippen molar-refractivity contribution in [2.45, 2.75) is 15.7 Å². The van der Waals surface area contributed by atoms with E-state index in [9.17, 15) is 0 Å². The largest absolute Gasteiger partial charge is 0.125 e. The molecule has 0 fully saturated rings. The molecule has 0 saturated heterocycles. The maximum Gasteiger partial charge on any atom is 0.0542 e. The highest BCUT2D eigenvalue weighted by atomic mass is 35.5. The molecule has 0 aliphatic carbocycles. The van der Waals surface area contributed by atoms with Crippen molar-refractivity contribution in [3.05, 3.63) is 58.1 Å². The molecule has 1 aliphatic rings. The highest BCUT2D eigenvalue weighted by Crippen LogP contribution is 2.42. The van der Waals surface area contributed by atoms with Gasteiger partial charge in [-0.3, -0.25) is 0 Å². The predicted molar refractivity (Wildman–Crippen MR) is 87.1 cm³/mol. The minimum Gasteiger partial charge on any atom is -0.125 e. The van der Waals surface area contributed by atoms with E-state index in [4.69, 9.17) is 23.2 Å². The summed E-state index contributed by atoms with van der Waals surface area (Å²) in [6, 6.07) is 14.3. The second-order valence-corrected chi connectivity index (χ2v) is 7.40. The normalized spacial score (nSPS) is 17.5. The molecule has 4 heteroatoms. The fourth-order valence-electron chi connectivity index (χ4n) is 2.15. The summed E-state index contributed by atoms with van der Waals surface area (Å²) in [5.74, 6) is 2.80. The molecule has 0 bridgehead atoms. The van der Waals surface area contributed by atoms with Crippen molar-refractivity contribution in [3.8, 4) is 0 Å². The van der Waals surface area contributed by atoms with Gasteiger partial charge in [-0.05, 0) is 29.8 Å². The molecule has 0 radical (unpaired) electrons. The number of fused-ring (bicyclic) bond motifs is 1. The summed E-state index contributed by atoms with van der Waals surface area (Å²) in [6.07, 6.45) is 0. The highest BCUT2D eigenvalue weighted by Gasteiger charge is 2.22. The second-order valence-electron chi connectivity index (χ2n) is 4.43. The molecule has 0 spiro atoms. The Labute approximate surface area is 131 Å². The summed E-state index contributed by atoms with van der Waals surface area (Å²) >= 11 is 16.0. The first-order valence-corrected chi connectivity index (χ1v) is 8.76. The molecule has 1 heterocycles. The summed E-state index contributed by atoms with van der Waals surface area (Å²) in [5, 5.41) is 1.53. The number of hydrogen-bond donors (Lipinski definition) is 0. The zero-order chi connectivity index (χ0) is 13.2. The van der Waals surface area contributed by atoms with Crippen LogP contribution in [0.5, 0.6) is 0 Å². The van der Waals surface area contributed by atoms with Gasteiger partial charge in [0.15, 0.2) is 0 Å². The first-order chi connectivity index (χ1) is 9.24. The Morgan fingerprint density at radius 2 is 2.00 bits per heavy atom. The van der Waals surface area contributed by atoms with Crippen LogP contribution in [0, 0.1) is 0 Å². The van der Waals surface area contributed by atoms with E-state index in [-0.39, 0.29) is 0 Å². The minimum absolute atomic E-state index is 0.598. The summed E-state index contributed by atoms with van der Waals surface area (Å²) in [4.78, 5) is 2.49. The third-order valence-corrected chi connectivity index (χ3v) is 6.28. The maximum atomic E-state index is 6.20. The third kappa shape index (κ3) is 3.08. The van der Waals surface area contributed by atoms with Gasteiger partial charge in [0, 0.05) is 32.2 Å². The zero-order valence-electron chi connectivity index (χ0n) is 10.1. The molecule has 3 rings (SSSR count). The Bertz CT molecular complexity index is 598. The van der Waals surface area contributed by atoms with Crippen molar-refractivity contribution in [1.29, 1.82) is 0 Å². The van der Waals surface area contributed by atoms with E-state index in [0.717, 1.165) is 26.4 Å². The van der Waals surface area contributed by atoms with Gasteiger partial charge in [-0.25, -0.2) is 0 Å². The number of hydrogen-bond acceptors (Lipinski definition) is 2. The van der Waals surface area contributed by atoms with Crippen LogP contribution in [0.15, 0.2) is 52.3 Å². The lowest BCUT2D eigenvalue weighted by Gasteiger charge is -2.11. The Morgan fingerprint density at radius 3 is 2.89 bits per heavy atom. The van der Waals surface area contributed by atoms with Crippen molar-refractivity contribution in [3.63, 3.8) is 0 Å². The number of halogens is 2. The first-order valence-electron chi connectivity index (χ1n) is 6.03. The molecule has 19 heavy (non-hydrogen) atoms. The van der Waals surface area contributed by atoms with Crippen molar-refractivity contribution < 1.29 is 0 Å². The van der Waals surface area contributed by atoms with Gasteiger partial charge < -0.3 is 0 Å². The van der Waals surface area contributed by atoms with Gasteiger partial charge >= 0.3 is 0 Å². The zero-order valence-corrected chi connectivity index (χ0v) is 13.3. The molecular formula is C15H12Cl2S2. The maximum absolute atomic E-state index is 6.20. The van der Waals surface area contributed by atoms with Crippen LogP contribution in [0.3, 0.4) is 0 Å². The lowest BCUT2D eigenvalue weighted by atomic mass is 10.0. The van der Waals surface area contributed by atoms with Crippen molar-refractivity contribution in [1.82, 2.24) is 0 Å². The van der Waals surface area contributed by atoms with E-state index >= 15 is 0 Å². The van der Waals surface area contributed by atoms with Gasteiger partial charge in [-0.1, -0.05) is 41.4 Å². The summed E-state index contributed by atoms with van der Waals surface area (Å²) in [5.41, 5.74) is 1.47. The van der Waals surface area contributed by atoms with Crippen LogP contribution in [0.2, 0.25) is 10.0 Å². The molecule has 0 amide bonds. The van der Waals surface area contributed by atoms with E-state index in [1.807, 2.05) is 30.0 Å². The Kier molecular flexibility index (Phi) is 4.33. The lowest BCUT2D eigenvalue weighted by Crippen LogP contribution is -2.00. The molecule has 0 aromatic heterocycles. The number of benzene rings is 2. The number of rotatable bonds is 3. The topological polar surface area (TPSA) is 0 Å². The molecule has 98 valence electrons. The van der Waals surface area contributed by atoms with Crippen molar-refractivity contribution in [2.24, 2.45) is 0 Å². The van der Waals surface area contributed by atoms with Crippen LogP contribution in [0.4, 0.5) is 0 Å². The molecule has 0 N–H and O–H groups in total. The van der Waals surface area contributed by atoms with Gasteiger partial charge in [0.25, 0.3) is 0 Å². The summed E-state index contributed by atoms with van der Waals surface area (Å²) < 4.78 is 0. The van der Waals surface area contributed by atoms with Crippen LogP contribution in [0.25, 0.3) is 0 Å². The average Bonchev–Trinajstić information content (AvgIpc) is 2.83. The monoisotopic (exact) mass is 326 g/mol. The molecule has 2 aromatic carbocycles. The third-order valence-electron chi connectivity index (χ3n) is 3.13. The standard InChI is InChI=1S/C15H12Cl2S2/c16-11-5-6-13(17)15(7-11)19-9-10-8-18-14-4-2-1-3-12(10)14/h1-7,10H,8-9H2. The van der Waals surface area contributed by atoms with E-state index in [1.54, 1.807) is 11.8 Å². The Hall–Kier alpha value is -0.280. The molecular weight excluding hydrogens is 315 g/mol. The minimum atomic E-state index is 0.598. The molecule has 2 aromatic rings. The smallest absolute Gasteiger partial charge is 0.0542 e. The van der Waals surface area contributed by atoms with Crippen molar-refractivity contribution in [2.75, 3.05) is 11.5 Å². The fourth-order valence-corrected chi connectivity index (χ4v) is 5.16. The van der Waals surface area contributed by atoms with Gasteiger partial charge in [-0.15, -0.1) is 23.5 Å². The van der Waals surface area contributed by atoms with Crippen LogP contribution in [0.1, 0.15) is 11.5 Å². The van der Waals surface area contributed by atoms with Gasteiger partial charge in [-0.2, -0.15) is 0 Å². The average molecular weight is 327 g/mol. The SMILES string of the molecule is Clc1ccc(Cl)c(SCC2CSc3ccccc32)c1. The summed E-state index contributed by atoms with van der Waals surface area (Å²) in [7, 11) is 0. The van der Waals surface area contributed by atoms with E-state index in [2.05, 4.69) is 24.3 Å². The van der Waals surface area contributed by atoms with E-state index < -0.39 is 0 Å². The quantitative estimate of drug-likeness (QED) is 0.637. The van der Waals surface area contributed by atoms with E-state index in [0.29, 0.717) is 5.92 Å². The molecule has 1 aliphatic heterocycles. The van der Waals surface area contributed by atoms with Gasteiger partial charge in [0.2, 0.25) is 0 Å². The predicted octanol–water partition coefficient (Wildman–Crippen LogP) is 5.98. The number of thioether (sulfide) groups is 2. The molecule has 1 unspecified atom stereocenters. The van der Waals surface area contributed by atoms with E-state index in [1.165, 1.54) is 10.5 Å². The molecule has 1 atom stereocenters. The highest BCUT2D eigenvalue weighted by molar-refractivity contribution is 8.00. The Balaban J connectivity index is 1.72. The Morgan fingerprint density at radius 1 is 1.16 bits per heavy atom. The second kappa shape index (κ2) is 6.01. The molecule has 0 saturated carbocycles. The van der Waals surface area contributed by atoms with Crippen LogP contribution in [-0.2, 0) is 0 Å². The van der Waals surface area contributed by atoms with Crippen LogP contribution < -0.4 is 0 Å². The summed E-state index contributed by atoms with van der Waals surface area (Å²) in [6.45, 7) is 0. The van der Waals surface area contributed by atoms with Gasteiger partial charge in [0.1, 0.15) is 0 Å². The fraction of sp³-hybridized carbons (Fsp3) is 0.200. The van der Waals surface area contributed by atoms with Gasteiger partial charge in [0.05, 0.1) is 5.02 Å². The van der Waals surface area contributed by atoms with Crippen LogP contribution in [-0.4, -0.2) is 11.5 Å². The molecule has 0 nitrogen and oxygen atoms in total. The van der Waals surface area contributed by atoms with Crippen molar-refractivity contribution >= 4 is 46.7 Å².